The van der Waals surface area contributed by atoms with E-state index in [0.717, 1.165) is 40.8 Å². The summed E-state index contributed by atoms with van der Waals surface area (Å²) in [5, 5.41) is 1.89. The Labute approximate surface area is 181 Å². The molecule has 1 N–H and O–H groups in total. The van der Waals surface area contributed by atoms with Crippen LogP contribution in [-0.4, -0.2) is 20.9 Å². The molecule has 1 aromatic heterocycles. The van der Waals surface area contributed by atoms with Crippen molar-refractivity contribution in [2.75, 3.05) is 16.2 Å². The van der Waals surface area contributed by atoms with Crippen LogP contribution in [0.4, 0.5) is 11.4 Å². The molecular formula is C23H24N2O3S2. The normalized spacial score (nSPS) is 13.8. The molecule has 3 aromatic rings. The molecule has 0 unspecified atom stereocenters. The number of hydrogen-bond donors (Lipinski definition) is 1. The molecule has 7 heteroatoms. The Balaban J connectivity index is 1.64. The first kappa shape index (κ1) is 20.6. The van der Waals surface area contributed by atoms with Crippen LogP contribution in [0.25, 0.3) is 0 Å². The Morgan fingerprint density at radius 3 is 2.47 bits per heavy atom. The Hall–Kier alpha value is -2.64. The van der Waals surface area contributed by atoms with Gasteiger partial charge in [0.2, 0.25) is 0 Å². The number of nitrogens with zero attached hydrogens (tertiary/aromatic N) is 1. The van der Waals surface area contributed by atoms with Gasteiger partial charge in [-0.25, -0.2) is 8.42 Å². The highest BCUT2D eigenvalue weighted by molar-refractivity contribution is 7.92. The largest absolute Gasteiger partial charge is 0.307 e. The molecule has 0 spiro atoms. The summed E-state index contributed by atoms with van der Waals surface area (Å²) in [5.41, 5.74) is 4.83. The summed E-state index contributed by atoms with van der Waals surface area (Å²) in [5.74, 6) is -0.00909. The third-order valence-corrected chi connectivity index (χ3v) is 7.84. The van der Waals surface area contributed by atoms with E-state index >= 15 is 0 Å². The summed E-state index contributed by atoms with van der Waals surface area (Å²) in [6.07, 6.45) is 1.65. The smallest absolute Gasteiger partial charge is 0.268 e. The number of amides is 1. The van der Waals surface area contributed by atoms with Gasteiger partial charge < -0.3 is 4.90 Å². The molecule has 0 fully saturated rings. The predicted octanol–water partition coefficient (Wildman–Crippen LogP) is 5.07. The zero-order chi connectivity index (χ0) is 21.5. The van der Waals surface area contributed by atoms with Crippen molar-refractivity contribution < 1.29 is 13.2 Å². The molecule has 0 saturated heterocycles. The minimum Gasteiger partial charge on any atom is -0.307 e. The highest BCUT2D eigenvalue weighted by Gasteiger charge is 2.25. The summed E-state index contributed by atoms with van der Waals surface area (Å²) in [6, 6.07) is 12.9. The zero-order valence-electron chi connectivity index (χ0n) is 17.2. The molecule has 156 valence electrons. The first-order valence-corrected chi connectivity index (χ1v) is 12.2. The van der Waals surface area contributed by atoms with Crippen LogP contribution in [0.5, 0.6) is 0 Å². The van der Waals surface area contributed by atoms with Crippen LogP contribution in [-0.2, 0) is 16.4 Å². The minimum atomic E-state index is -3.71. The monoisotopic (exact) mass is 440 g/mol. The van der Waals surface area contributed by atoms with Crippen molar-refractivity contribution in [2.24, 2.45) is 0 Å². The molecule has 4 rings (SSSR count). The number of carbonyl (C=O) groups excluding carboxylic acids is 1. The lowest BCUT2D eigenvalue weighted by Gasteiger charge is -2.29. The number of thiophene rings is 1. The van der Waals surface area contributed by atoms with Gasteiger partial charge in [-0.1, -0.05) is 23.8 Å². The fourth-order valence-electron chi connectivity index (χ4n) is 4.20. The highest BCUT2D eigenvalue weighted by atomic mass is 32.2. The van der Waals surface area contributed by atoms with Crippen molar-refractivity contribution >= 4 is 38.6 Å². The highest BCUT2D eigenvalue weighted by Crippen LogP contribution is 2.32. The first-order valence-electron chi connectivity index (χ1n) is 9.85. The summed E-state index contributed by atoms with van der Waals surface area (Å²) in [6.45, 7) is 6.25. The average molecular weight is 441 g/mol. The predicted molar refractivity (Wildman–Crippen MR) is 122 cm³/mol. The van der Waals surface area contributed by atoms with Crippen molar-refractivity contribution in [1.29, 1.82) is 0 Å². The van der Waals surface area contributed by atoms with E-state index in [1.54, 1.807) is 11.0 Å². The number of carbonyl (C=O) groups is 1. The van der Waals surface area contributed by atoms with E-state index in [1.807, 2.05) is 62.5 Å². The lowest BCUT2D eigenvalue weighted by Crippen LogP contribution is -2.35. The van der Waals surface area contributed by atoms with Crippen molar-refractivity contribution in [2.45, 2.75) is 38.5 Å². The van der Waals surface area contributed by atoms with E-state index in [2.05, 4.69) is 4.72 Å². The van der Waals surface area contributed by atoms with Gasteiger partial charge in [0, 0.05) is 17.9 Å². The third-order valence-electron chi connectivity index (χ3n) is 5.30. The second-order valence-corrected chi connectivity index (χ2v) is 10.3. The number of hydrogen-bond acceptors (Lipinski definition) is 4. The molecule has 0 atom stereocenters. The standard InChI is InChI=1S/C23H24N2O3S2/c1-15-12-16(2)22(17(3)13-15)30(27,28)24-19-8-9-20-18(14-19)6-4-10-25(20)23(26)21-7-5-11-29-21/h5,7-9,11-14,24H,4,6,10H2,1-3H3. The minimum absolute atomic E-state index is 0.00909. The van der Waals surface area contributed by atoms with E-state index in [9.17, 15) is 13.2 Å². The van der Waals surface area contributed by atoms with Gasteiger partial charge in [-0.15, -0.1) is 11.3 Å². The Morgan fingerprint density at radius 2 is 1.80 bits per heavy atom. The molecule has 2 heterocycles. The van der Waals surface area contributed by atoms with Crippen LogP contribution in [0.1, 0.15) is 38.3 Å². The molecule has 1 amide bonds. The molecule has 5 nitrogen and oxygen atoms in total. The van der Waals surface area contributed by atoms with E-state index in [4.69, 9.17) is 0 Å². The number of rotatable bonds is 4. The van der Waals surface area contributed by atoms with Crippen LogP contribution >= 0.6 is 11.3 Å². The molecule has 0 bridgehead atoms. The van der Waals surface area contributed by atoms with Gasteiger partial charge in [0.1, 0.15) is 0 Å². The van der Waals surface area contributed by atoms with Crippen molar-refractivity contribution in [3.8, 4) is 0 Å². The Bertz CT molecular complexity index is 1190. The van der Waals surface area contributed by atoms with Crippen molar-refractivity contribution in [3.63, 3.8) is 0 Å². The molecular weight excluding hydrogens is 416 g/mol. The summed E-state index contributed by atoms with van der Waals surface area (Å²) in [4.78, 5) is 15.7. The van der Waals surface area contributed by atoms with Crippen LogP contribution in [0.15, 0.2) is 52.7 Å². The van der Waals surface area contributed by atoms with Crippen LogP contribution in [0, 0.1) is 20.8 Å². The molecule has 0 radical (unpaired) electrons. The van der Waals surface area contributed by atoms with Gasteiger partial charge in [-0.05, 0) is 79.9 Å². The molecule has 2 aromatic carbocycles. The number of fused-ring (bicyclic) bond motifs is 1. The number of aryl methyl sites for hydroxylation is 4. The fourth-order valence-corrected chi connectivity index (χ4v) is 6.38. The summed E-state index contributed by atoms with van der Waals surface area (Å²) >= 11 is 1.43. The molecule has 30 heavy (non-hydrogen) atoms. The van der Waals surface area contributed by atoms with Crippen LogP contribution in [0.3, 0.4) is 0 Å². The van der Waals surface area contributed by atoms with Gasteiger partial charge >= 0.3 is 0 Å². The van der Waals surface area contributed by atoms with Gasteiger partial charge in [-0.2, -0.15) is 0 Å². The van der Waals surface area contributed by atoms with Gasteiger partial charge in [0.25, 0.3) is 15.9 Å². The molecule has 0 saturated carbocycles. The first-order chi connectivity index (χ1) is 14.3. The SMILES string of the molecule is Cc1cc(C)c(S(=O)(=O)Nc2ccc3c(c2)CCCN3C(=O)c2cccs2)c(C)c1. The number of nitrogens with one attached hydrogen (secondary N) is 1. The maximum atomic E-state index is 13.1. The lowest BCUT2D eigenvalue weighted by molar-refractivity contribution is 0.0989. The fraction of sp³-hybridized carbons (Fsp3) is 0.261. The maximum Gasteiger partial charge on any atom is 0.268 e. The van der Waals surface area contributed by atoms with Crippen molar-refractivity contribution in [1.82, 2.24) is 0 Å². The van der Waals surface area contributed by atoms with Gasteiger partial charge in [0.15, 0.2) is 0 Å². The van der Waals surface area contributed by atoms with Gasteiger partial charge in [-0.3, -0.25) is 9.52 Å². The van der Waals surface area contributed by atoms with E-state index in [-0.39, 0.29) is 5.91 Å². The van der Waals surface area contributed by atoms with E-state index in [0.29, 0.717) is 22.0 Å². The second-order valence-electron chi connectivity index (χ2n) is 7.71. The number of anilines is 2. The van der Waals surface area contributed by atoms with Gasteiger partial charge in [0.05, 0.1) is 9.77 Å². The summed E-state index contributed by atoms with van der Waals surface area (Å²) in [7, 11) is -3.71. The Morgan fingerprint density at radius 1 is 1.07 bits per heavy atom. The summed E-state index contributed by atoms with van der Waals surface area (Å²) < 4.78 is 28.9. The molecule has 0 aliphatic carbocycles. The quantitative estimate of drug-likeness (QED) is 0.616. The average Bonchev–Trinajstić information content (AvgIpc) is 3.20. The maximum absolute atomic E-state index is 13.1. The number of benzene rings is 2. The van der Waals surface area contributed by atoms with E-state index < -0.39 is 10.0 Å². The Kier molecular flexibility index (Phi) is 5.42. The molecule has 1 aliphatic rings. The van der Waals surface area contributed by atoms with Crippen LogP contribution in [0.2, 0.25) is 0 Å². The number of sulfonamides is 1. The third kappa shape index (κ3) is 3.87. The second kappa shape index (κ2) is 7.89. The molecule has 1 aliphatic heterocycles. The topological polar surface area (TPSA) is 66.5 Å². The lowest BCUT2D eigenvalue weighted by atomic mass is 10.0. The van der Waals surface area contributed by atoms with Crippen LogP contribution < -0.4 is 9.62 Å². The zero-order valence-corrected chi connectivity index (χ0v) is 18.9. The van der Waals surface area contributed by atoms with E-state index in [1.165, 1.54) is 11.3 Å². The van der Waals surface area contributed by atoms with Crippen molar-refractivity contribution in [3.05, 3.63) is 75.0 Å².